The molecule has 0 aromatic heterocycles. The molecule has 0 radical (unpaired) electrons. The van der Waals surface area contributed by atoms with Gasteiger partial charge >= 0.3 is 6.18 Å². The van der Waals surface area contributed by atoms with Gasteiger partial charge < -0.3 is 5.32 Å². The summed E-state index contributed by atoms with van der Waals surface area (Å²) < 4.78 is 66.4. The first kappa shape index (κ1) is 22.0. The van der Waals surface area contributed by atoms with E-state index in [0.29, 0.717) is 10.4 Å². The van der Waals surface area contributed by atoms with Crippen LogP contribution in [0.4, 0.5) is 18.9 Å². The van der Waals surface area contributed by atoms with Gasteiger partial charge in [-0.1, -0.05) is 29.3 Å². The molecular weight excluding hydrogens is 417 g/mol. The summed E-state index contributed by atoms with van der Waals surface area (Å²) in [6, 6.07) is 8.47. The molecule has 0 spiro atoms. The number of hydrogen-bond donors (Lipinski definition) is 1. The van der Waals surface area contributed by atoms with Crippen LogP contribution in [-0.4, -0.2) is 27.4 Å². The number of carbonyl (C=O) groups is 1. The van der Waals surface area contributed by atoms with Crippen LogP contribution in [0.25, 0.3) is 0 Å². The molecule has 0 bridgehead atoms. The number of hydrogen-bond acceptors (Lipinski definition) is 3. The molecule has 2 rings (SSSR count). The average molecular weight is 435 g/mol. The number of likely N-dealkylation sites (N-methyl/N-ethyl adjacent to an activating group) is 1. The first-order valence-corrected chi connectivity index (χ1v) is 10.0. The molecule has 2 aromatic carbocycles. The van der Waals surface area contributed by atoms with Crippen molar-refractivity contribution in [2.75, 3.05) is 17.4 Å². The van der Waals surface area contributed by atoms with E-state index in [2.05, 4.69) is 5.32 Å². The van der Waals surface area contributed by atoms with Gasteiger partial charge in [-0.15, -0.1) is 0 Å². The molecule has 0 saturated carbocycles. The number of aryl methyl sites for hydroxylation is 1. The van der Waals surface area contributed by atoms with Crippen LogP contribution in [0.1, 0.15) is 18.1 Å². The van der Waals surface area contributed by atoms with Crippen LogP contribution < -0.4 is 9.62 Å². The van der Waals surface area contributed by atoms with Crippen molar-refractivity contribution in [3.8, 4) is 0 Å². The third kappa shape index (κ3) is 4.96. The van der Waals surface area contributed by atoms with Gasteiger partial charge in [0.2, 0.25) is 5.91 Å². The van der Waals surface area contributed by atoms with Gasteiger partial charge in [0.05, 0.1) is 21.2 Å². The highest BCUT2D eigenvalue weighted by molar-refractivity contribution is 7.92. The minimum atomic E-state index is -4.78. The number of anilines is 1. The third-order valence-electron chi connectivity index (χ3n) is 3.81. The lowest BCUT2D eigenvalue weighted by Crippen LogP contribution is -2.41. The Morgan fingerprint density at radius 1 is 1.14 bits per heavy atom. The van der Waals surface area contributed by atoms with E-state index in [9.17, 15) is 26.4 Å². The van der Waals surface area contributed by atoms with E-state index in [1.54, 1.807) is 26.0 Å². The normalized spacial score (nSPS) is 11.9. The molecule has 0 aliphatic carbocycles. The number of alkyl halides is 3. The number of nitrogens with zero attached hydrogens (tertiary/aromatic N) is 1. The number of carbonyl (C=O) groups excluding carboxylic acids is 1. The Kier molecular flexibility index (Phi) is 6.61. The number of halogens is 4. The van der Waals surface area contributed by atoms with Crippen LogP contribution in [-0.2, 0) is 21.0 Å². The monoisotopic (exact) mass is 434 g/mol. The zero-order valence-electron chi connectivity index (χ0n) is 15.0. The summed E-state index contributed by atoms with van der Waals surface area (Å²) in [7, 11) is -4.30. The van der Waals surface area contributed by atoms with E-state index in [1.165, 1.54) is 12.1 Å². The molecule has 152 valence electrons. The Morgan fingerprint density at radius 2 is 1.75 bits per heavy atom. The van der Waals surface area contributed by atoms with Gasteiger partial charge in [0.15, 0.2) is 0 Å². The number of benzene rings is 2. The first-order chi connectivity index (χ1) is 13.0. The highest BCUT2D eigenvalue weighted by Crippen LogP contribution is 2.37. The fourth-order valence-corrected chi connectivity index (χ4v) is 4.06. The lowest BCUT2D eigenvalue weighted by atomic mass is 10.2. The van der Waals surface area contributed by atoms with Gasteiger partial charge in [0.25, 0.3) is 10.0 Å². The topological polar surface area (TPSA) is 66.5 Å². The van der Waals surface area contributed by atoms with Gasteiger partial charge in [-0.2, -0.15) is 13.2 Å². The molecule has 0 aliphatic heterocycles. The summed E-state index contributed by atoms with van der Waals surface area (Å²) in [6.45, 7) is 2.97. The van der Waals surface area contributed by atoms with Crippen LogP contribution in [0.2, 0.25) is 5.02 Å². The second kappa shape index (κ2) is 8.40. The predicted octanol–water partition coefficient (Wildman–Crippen LogP) is 4.00. The van der Waals surface area contributed by atoms with E-state index < -0.39 is 39.2 Å². The summed E-state index contributed by atoms with van der Waals surface area (Å²) in [6.07, 6.45) is -4.78. The zero-order valence-corrected chi connectivity index (χ0v) is 16.6. The van der Waals surface area contributed by atoms with Crippen LogP contribution >= 0.6 is 11.6 Å². The number of rotatable bonds is 6. The standard InChI is InChI=1S/C18H18ClF3N2O3S/c1-3-23-17(25)11-24(28(26,27)14-7-4-12(2)5-8-14)13-6-9-16(19)15(10-13)18(20,21)22/h4-10H,3,11H2,1-2H3,(H,23,25). The Labute approximate surface area is 166 Å². The van der Waals surface area contributed by atoms with Crippen molar-refractivity contribution < 1.29 is 26.4 Å². The number of nitrogens with one attached hydrogen (secondary N) is 1. The van der Waals surface area contributed by atoms with Crippen molar-refractivity contribution in [1.82, 2.24) is 5.32 Å². The highest BCUT2D eigenvalue weighted by Gasteiger charge is 2.35. The molecule has 0 aliphatic rings. The maximum Gasteiger partial charge on any atom is 0.417 e. The minimum absolute atomic E-state index is 0.147. The molecule has 5 nitrogen and oxygen atoms in total. The molecular formula is C18H18ClF3N2O3S. The summed E-state index contributed by atoms with van der Waals surface area (Å²) in [5.74, 6) is -0.651. The van der Waals surface area contributed by atoms with Crippen LogP contribution in [0.3, 0.4) is 0 Å². The van der Waals surface area contributed by atoms with Gasteiger partial charge in [0, 0.05) is 6.54 Å². The Balaban J connectivity index is 2.60. The Morgan fingerprint density at radius 3 is 2.29 bits per heavy atom. The molecule has 2 aromatic rings. The van der Waals surface area contributed by atoms with Crippen LogP contribution in [0.5, 0.6) is 0 Å². The van der Waals surface area contributed by atoms with Crippen molar-refractivity contribution >= 4 is 33.2 Å². The fourth-order valence-electron chi connectivity index (χ4n) is 2.42. The van der Waals surface area contributed by atoms with Gasteiger partial charge in [-0.25, -0.2) is 8.42 Å². The molecule has 0 heterocycles. The molecule has 0 unspecified atom stereocenters. The van der Waals surface area contributed by atoms with Crippen molar-refractivity contribution in [2.24, 2.45) is 0 Å². The minimum Gasteiger partial charge on any atom is -0.355 e. The quantitative estimate of drug-likeness (QED) is 0.747. The van der Waals surface area contributed by atoms with Crippen LogP contribution in [0.15, 0.2) is 47.4 Å². The van der Waals surface area contributed by atoms with Gasteiger partial charge in [-0.3, -0.25) is 9.10 Å². The van der Waals surface area contributed by atoms with Crippen molar-refractivity contribution in [3.63, 3.8) is 0 Å². The number of sulfonamides is 1. The first-order valence-electron chi connectivity index (χ1n) is 8.19. The lowest BCUT2D eigenvalue weighted by Gasteiger charge is -2.25. The van der Waals surface area contributed by atoms with Gasteiger partial charge in [0.1, 0.15) is 6.54 Å². The van der Waals surface area contributed by atoms with E-state index in [-0.39, 0.29) is 17.1 Å². The molecule has 0 atom stereocenters. The second-order valence-corrected chi connectivity index (χ2v) is 8.21. The van der Waals surface area contributed by atoms with E-state index in [4.69, 9.17) is 11.6 Å². The average Bonchev–Trinajstić information content (AvgIpc) is 2.60. The molecule has 10 heteroatoms. The maximum absolute atomic E-state index is 13.2. The largest absolute Gasteiger partial charge is 0.417 e. The van der Waals surface area contributed by atoms with Crippen LogP contribution in [0, 0.1) is 6.92 Å². The molecule has 1 amide bonds. The fraction of sp³-hybridized carbons (Fsp3) is 0.278. The summed E-state index contributed by atoms with van der Waals surface area (Å²) in [4.78, 5) is 11.9. The molecule has 28 heavy (non-hydrogen) atoms. The predicted molar refractivity (Wildman–Crippen MR) is 101 cm³/mol. The van der Waals surface area contributed by atoms with Gasteiger partial charge in [-0.05, 0) is 44.2 Å². The van der Waals surface area contributed by atoms with Crippen molar-refractivity contribution in [2.45, 2.75) is 24.9 Å². The van der Waals surface area contributed by atoms with Crippen molar-refractivity contribution in [1.29, 1.82) is 0 Å². The SMILES string of the molecule is CCNC(=O)CN(c1ccc(Cl)c(C(F)(F)F)c1)S(=O)(=O)c1ccc(C)cc1. The highest BCUT2D eigenvalue weighted by atomic mass is 35.5. The smallest absolute Gasteiger partial charge is 0.355 e. The zero-order chi connectivity index (χ0) is 21.1. The summed E-state index contributed by atoms with van der Waals surface area (Å²) in [5.41, 5.74) is -0.699. The van der Waals surface area contributed by atoms with Crippen molar-refractivity contribution in [3.05, 3.63) is 58.6 Å². The third-order valence-corrected chi connectivity index (χ3v) is 5.93. The lowest BCUT2D eigenvalue weighted by molar-refractivity contribution is -0.137. The summed E-state index contributed by atoms with van der Waals surface area (Å²) >= 11 is 5.62. The summed E-state index contributed by atoms with van der Waals surface area (Å²) in [5, 5.41) is 1.87. The molecule has 1 N–H and O–H groups in total. The number of amides is 1. The van der Waals surface area contributed by atoms with E-state index in [0.717, 1.165) is 17.7 Å². The van der Waals surface area contributed by atoms with E-state index >= 15 is 0 Å². The molecule has 0 fully saturated rings. The Bertz CT molecular complexity index is 961. The molecule has 0 saturated heterocycles. The Hall–Kier alpha value is -2.26. The second-order valence-electron chi connectivity index (χ2n) is 5.94. The van der Waals surface area contributed by atoms with E-state index in [1.807, 2.05) is 0 Å². The maximum atomic E-state index is 13.2.